The fourth-order valence-electron chi connectivity index (χ4n) is 6.81. The van der Waals surface area contributed by atoms with E-state index in [0.717, 1.165) is 61.5 Å². The Morgan fingerprint density at radius 3 is 2.65 bits per heavy atom. The third-order valence-corrected chi connectivity index (χ3v) is 8.60. The number of hydrogen-bond donors (Lipinski definition) is 1. The average molecular weight is 508 g/mol. The zero-order valence-electron chi connectivity index (χ0n) is 21.5. The van der Waals surface area contributed by atoms with Crippen LogP contribution in [0.5, 0.6) is 5.75 Å². The van der Waals surface area contributed by atoms with Gasteiger partial charge in [0.05, 0.1) is 25.3 Å². The maximum Gasteiger partial charge on any atom is 0.254 e. The first-order valence-electron chi connectivity index (χ1n) is 13.1. The van der Waals surface area contributed by atoms with Crippen molar-refractivity contribution in [3.05, 3.63) is 65.1 Å². The number of nitrogens with zero attached hydrogens (tertiary/aromatic N) is 3. The van der Waals surface area contributed by atoms with Crippen molar-refractivity contribution in [2.45, 2.75) is 24.3 Å². The molecule has 1 aromatic heterocycles. The summed E-state index contributed by atoms with van der Waals surface area (Å²) in [7, 11) is 3.72. The topological polar surface area (TPSA) is 67.2 Å². The third kappa shape index (κ3) is 4.02. The van der Waals surface area contributed by atoms with Crippen LogP contribution in [0.2, 0.25) is 0 Å². The monoisotopic (exact) mass is 507 g/mol. The van der Waals surface area contributed by atoms with E-state index in [9.17, 15) is 14.3 Å². The first-order chi connectivity index (χ1) is 17.9. The van der Waals surface area contributed by atoms with Gasteiger partial charge in [-0.25, -0.2) is 4.39 Å². The number of aliphatic hydroxyl groups excluding tert-OH is 1. The fraction of sp³-hybridized carbons (Fsp3) is 0.483. The molecule has 1 spiro atoms. The number of halogens is 1. The van der Waals surface area contributed by atoms with Gasteiger partial charge in [0, 0.05) is 74.6 Å². The van der Waals surface area contributed by atoms with Gasteiger partial charge in [-0.2, -0.15) is 0 Å². The second-order valence-electron chi connectivity index (χ2n) is 10.8. The smallest absolute Gasteiger partial charge is 0.254 e. The van der Waals surface area contributed by atoms with Crippen LogP contribution in [0.3, 0.4) is 0 Å². The molecule has 7 nitrogen and oxygen atoms in total. The Morgan fingerprint density at radius 2 is 1.95 bits per heavy atom. The molecule has 2 aromatic carbocycles. The summed E-state index contributed by atoms with van der Waals surface area (Å²) in [5.41, 5.74) is 3.51. The number of fused-ring (bicyclic) bond motifs is 4. The highest BCUT2D eigenvalue weighted by Crippen LogP contribution is 2.50. The molecule has 2 saturated heterocycles. The van der Waals surface area contributed by atoms with Crippen LogP contribution in [0.25, 0.3) is 10.9 Å². The number of benzene rings is 2. The minimum absolute atomic E-state index is 0.0273. The van der Waals surface area contributed by atoms with Crippen molar-refractivity contribution >= 4 is 16.8 Å². The summed E-state index contributed by atoms with van der Waals surface area (Å²) in [5.74, 6) is 0.753. The molecule has 0 unspecified atom stereocenters. The second-order valence-corrected chi connectivity index (χ2v) is 10.8. The Hall–Kier alpha value is -2.94. The minimum atomic E-state index is -0.405. The summed E-state index contributed by atoms with van der Waals surface area (Å²) in [6, 6.07) is 11.9. The number of rotatable bonds is 5. The maximum absolute atomic E-state index is 13.8. The normalized spacial score (nSPS) is 21.7. The molecule has 3 aliphatic heterocycles. The van der Waals surface area contributed by atoms with E-state index in [1.807, 2.05) is 17.0 Å². The van der Waals surface area contributed by atoms with Gasteiger partial charge in [-0.05, 0) is 54.7 Å². The van der Waals surface area contributed by atoms with E-state index in [2.05, 4.69) is 22.6 Å². The lowest BCUT2D eigenvalue weighted by Crippen LogP contribution is -2.68. The van der Waals surface area contributed by atoms with E-state index in [0.29, 0.717) is 24.6 Å². The Balaban J connectivity index is 1.41. The Kier molecular flexibility index (Phi) is 6.21. The number of ether oxygens (including phenoxy) is 2. The molecule has 1 N–H and O–H groups in total. The average Bonchev–Trinajstić information content (AvgIpc) is 3.19. The highest BCUT2D eigenvalue weighted by atomic mass is 19.1. The number of likely N-dealkylation sites (tertiary alicyclic amines) is 1. The van der Waals surface area contributed by atoms with Crippen molar-refractivity contribution < 1.29 is 23.8 Å². The van der Waals surface area contributed by atoms with Crippen molar-refractivity contribution in [3.8, 4) is 5.75 Å². The van der Waals surface area contributed by atoms with Crippen LogP contribution in [0, 0.1) is 11.7 Å². The Bertz CT molecular complexity index is 1330. The molecule has 3 aromatic rings. The van der Waals surface area contributed by atoms with Crippen LogP contribution in [0.1, 0.15) is 40.5 Å². The summed E-state index contributed by atoms with van der Waals surface area (Å²) in [4.78, 5) is 17.5. The van der Waals surface area contributed by atoms with E-state index in [4.69, 9.17) is 9.47 Å². The zero-order chi connectivity index (χ0) is 25.7. The molecule has 0 radical (unpaired) electrons. The van der Waals surface area contributed by atoms with E-state index >= 15 is 0 Å². The van der Waals surface area contributed by atoms with Gasteiger partial charge in [0.2, 0.25) is 0 Å². The fourth-order valence-corrected chi connectivity index (χ4v) is 6.81. The first kappa shape index (κ1) is 24.4. The number of aromatic nitrogens is 1. The predicted octanol–water partition coefficient (Wildman–Crippen LogP) is 3.50. The van der Waals surface area contributed by atoms with Crippen LogP contribution in [0.4, 0.5) is 4.39 Å². The SMILES string of the molecule is COc1ccc2c3c(n(C)c2c1)[C@H](CO)N(CC1CCOCC1)CC31CN(C(=O)c2cccc(F)c2)C1. The molecular weight excluding hydrogens is 473 g/mol. The standard InChI is InChI=1S/C29H34FN3O4/c1-31-24-13-22(36-2)6-7-23(24)26-27(31)25(15-34)32(14-19-8-10-37-11-9-19)16-29(26)17-33(18-29)28(35)20-4-3-5-21(30)12-20/h3-7,12-13,19,25,34H,8-11,14-18H2,1-2H3/t25-/m0/s1. The van der Waals surface area contributed by atoms with E-state index in [-0.39, 0.29) is 24.0 Å². The first-order valence-corrected chi connectivity index (χ1v) is 13.1. The quantitative estimate of drug-likeness (QED) is 0.573. The highest BCUT2D eigenvalue weighted by molar-refractivity contribution is 5.96. The largest absolute Gasteiger partial charge is 0.497 e. The molecule has 4 heterocycles. The summed E-state index contributed by atoms with van der Waals surface area (Å²) in [6.45, 7) is 4.36. The zero-order valence-corrected chi connectivity index (χ0v) is 21.5. The Morgan fingerprint density at radius 1 is 1.16 bits per heavy atom. The molecule has 3 aliphatic rings. The van der Waals surface area contributed by atoms with Gasteiger partial charge in [-0.15, -0.1) is 0 Å². The van der Waals surface area contributed by atoms with Crippen LogP contribution in [-0.4, -0.2) is 78.5 Å². The molecule has 0 bridgehead atoms. The number of hydrogen-bond acceptors (Lipinski definition) is 5. The molecular formula is C29H34FN3O4. The minimum Gasteiger partial charge on any atom is -0.497 e. The van der Waals surface area contributed by atoms with Gasteiger partial charge in [0.15, 0.2) is 0 Å². The molecule has 37 heavy (non-hydrogen) atoms. The van der Waals surface area contributed by atoms with Crippen LogP contribution >= 0.6 is 0 Å². The molecule has 0 saturated carbocycles. The number of carbonyl (C=O) groups excluding carboxylic acids is 1. The van der Waals surface area contributed by atoms with Crippen molar-refractivity contribution in [2.75, 3.05) is 53.1 Å². The molecule has 2 fully saturated rings. The van der Waals surface area contributed by atoms with Gasteiger partial charge in [0.1, 0.15) is 11.6 Å². The molecule has 8 heteroatoms. The predicted molar refractivity (Wildman–Crippen MR) is 138 cm³/mol. The van der Waals surface area contributed by atoms with Crippen molar-refractivity contribution in [2.24, 2.45) is 13.0 Å². The summed E-state index contributed by atoms with van der Waals surface area (Å²) < 4.78 is 27.1. The number of methoxy groups -OCH3 is 1. The van der Waals surface area contributed by atoms with Gasteiger partial charge in [-0.3, -0.25) is 9.69 Å². The van der Waals surface area contributed by atoms with E-state index in [1.165, 1.54) is 17.7 Å². The summed E-state index contributed by atoms with van der Waals surface area (Å²) in [5, 5.41) is 11.8. The number of aryl methyl sites for hydroxylation is 1. The number of aliphatic hydroxyl groups is 1. The highest BCUT2D eigenvalue weighted by Gasteiger charge is 2.54. The van der Waals surface area contributed by atoms with Crippen molar-refractivity contribution in [1.29, 1.82) is 0 Å². The summed E-state index contributed by atoms with van der Waals surface area (Å²) >= 11 is 0. The molecule has 196 valence electrons. The van der Waals surface area contributed by atoms with Gasteiger partial charge < -0.3 is 24.0 Å². The van der Waals surface area contributed by atoms with Gasteiger partial charge in [-0.1, -0.05) is 6.07 Å². The molecule has 0 aliphatic carbocycles. The molecule has 1 amide bonds. The van der Waals surface area contributed by atoms with Crippen molar-refractivity contribution in [3.63, 3.8) is 0 Å². The lowest BCUT2D eigenvalue weighted by molar-refractivity contribution is -0.0162. The van der Waals surface area contributed by atoms with Crippen LogP contribution < -0.4 is 4.74 Å². The van der Waals surface area contributed by atoms with Crippen molar-refractivity contribution in [1.82, 2.24) is 14.4 Å². The lowest BCUT2D eigenvalue weighted by atomic mass is 9.68. The second kappa shape index (κ2) is 9.42. The molecule has 6 rings (SSSR count). The maximum atomic E-state index is 13.8. The Labute approximate surface area is 216 Å². The number of amides is 1. The third-order valence-electron chi connectivity index (χ3n) is 8.60. The van der Waals surface area contributed by atoms with Crippen LogP contribution in [-0.2, 0) is 17.2 Å². The van der Waals surface area contributed by atoms with E-state index in [1.54, 1.807) is 19.2 Å². The van der Waals surface area contributed by atoms with Gasteiger partial charge in [0.25, 0.3) is 5.91 Å². The number of carbonyl (C=O) groups is 1. The summed E-state index contributed by atoms with van der Waals surface area (Å²) in [6.07, 6.45) is 2.04. The van der Waals surface area contributed by atoms with Gasteiger partial charge >= 0.3 is 0 Å². The van der Waals surface area contributed by atoms with Crippen LogP contribution in [0.15, 0.2) is 42.5 Å². The lowest BCUT2D eigenvalue weighted by Gasteiger charge is -2.56. The molecule has 1 atom stereocenters. The van der Waals surface area contributed by atoms with E-state index < -0.39 is 5.82 Å².